The number of carboxylic acids is 1. The Bertz CT molecular complexity index is 1140. The topological polar surface area (TPSA) is 147 Å². The summed E-state index contributed by atoms with van der Waals surface area (Å²) in [5, 5.41) is 31.5. The van der Waals surface area contributed by atoms with Crippen LogP contribution in [0.4, 0.5) is 5.69 Å². The summed E-state index contributed by atoms with van der Waals surface area (Å²) in [6.45, 7) is 0.0697. The van der Waals surface area contributed by atoms with Crippen LogP contribution in [0.2, 0.25) is 0 Å². The number of methoxy groups -OCH3 is 1. The number of likely N-dealkylation sites (tertiary alicyclic amines) is 1. The molecule has 0 aromatic heterocycles. The lowest BCUT2D eigenvalue weighted by molar-refractivity contribution is -0.385. The van der Waals surface area contributed by atoms with Gasteiger partial charge in [-0.15, -0.1) is 0 Å². The van der Waals surface area contributed by atoms with E-state index in [0.717, 1.165) is 0 Å². The van der Waals surface area contributed by atoms with Gasteiger partial charge in [-0.1, -0.05) is 18.6 Å². The number of carbonyl (C=O) groups is 3. The van der Waals surface area contributed by atoms with E-state index in [1.165, 1.54) is 42.3 Å². The zero-order chi connectivity index (χ0) is 24.8. The summed E-state index contributed by atoms with van der Waals surface area (Å²) < 4.78 is 5.10. The van der Waals surface area contributed by atoms with Crippen molar-refractivity contribution in [1.29, 1.82) is 0 Å². The van der Waals surface area contributed by atoms with E-state index < -0.39 is 34.4 Å². The largest absolute Gasteiger partial charge is 0.507 e. The second-order valence-corrected chi connectivity index (χ2v) is 7.74. The van der Waals surface area contributed by atoms with E-state index in [2.05, 4.69) is 0 Å². The Morgan fingerprint density at radius 2 is 1.74 bits per heavy atom. The van der Waals surface area contributed by atoms with Gasteiger partial charge < -0.3 is 19.8 Å². The van der Waals surface area contributed by atoms with Crippen molar-refractivity contribution < 1.29 is 34.3 Å². The lowest BCUT2D eigenvalue weighted by Crippen LogP contribution is -2.31. The van der Waals surface area contributed by atoms with E-state index in [4.69, 9.17) is 9.84 Å². The van der Waals surface area contributed by atoms with Crippen LogP contribution in [0.15, 0.2) is 54.1 Å². The third kappa shape index (κ3) is 5.06. The molecule has 0 bridgehead atoms. The van der Waals surface area contributed by atoms with Crippen molar-refractivity contribution in [3.63, 3.8) is 0 Å². The second kappa shape index (κ2) is 10.6. The molecule has 1 heterocycles. The Labute approximate surface area is 195 Å². The van der Waals surface area contributed by atoms with Gasteiger partial charge in [-0.3, -0.25) is 24.5 Å². The van der Waals surface area contributed by atoms with Crippen LogP contribution in [0, 0.1) is 10.1 Å². The Hall–Kier alpha value is -4.21. The number of rotatable bonds is 10. The number of ether oxygens (including phenoxy) is 1. The number of para-hydroxylation sites is 1. The molecular formula is C24H24N2O8. The molecule has 10 heteroatoms. The van der Waals surface area contributed by atoms with Gasteiger partial charge in [-0.25, -0.2) is 0 Å². The third-order valence-corrected chi connectivity index (χ3v) is 5.62. The standard InChI is InChI=1S/C24H24N2O8/c1-34-16-12-10-15(11-13-16)22(29)20-21(17-7-4-5-8-18(17)26(32)33)25(24(31)23(20)30)14-6-2-3-9-19(27)28/h4-5,7-8,10-13,21,29H,2-3,6,9,14H2,1H3,(H,27,28)/t21-/m1/s1. The van der Waals surface area contributed by atoms with Gasteiger partial charge >= 0.3 is 5.97 Å². The van der Waals surface area contributed by atoms with Crippen LogP contribution in [0.3, 0.4) is 0 Å². The Morgan fingerprint density at radius 1 is 1.06 bits per heavy atom. The van der Waals surface area contributed by atoms with E-state index in [-0.39, 0.29) is 35.4 Å². The molecule has 0 aliphatic carbocycles. The van der Waals surface area contributed by atoms with Gasteiger partial charge in [0.15, 0.2) is 0 Å². The Balaban J connectivity index is 2.06. The van der Waals surface area contributed by atoms with Gasteiger partial charge in [0.05, 0.1) is 29.2 Å². The van der Waals surface area contributed by atoms with Crippen molar-refractivity contribution in [2.75, 3.05) is 13.7 Å². The fourth-order valence-electron chi connectivity index (χ4n) is 3.96. The first-order chi connectivity index (χ1) is 16.3. The highest BCUT2D eigenvalue weighted by atomic mass is 16.6. The highest BCUT2D eigenvalue weighted by Crippen LogP contribution is 2.42. The summed E-state index contributed by atoms with van der Waals surface area (Å²) in [7, 11) is 1.48. The van der Waals surface area contributed by atoms with E-state index in [0.29, 0.717) is 25.0 Å². The molecule has 1 fully saturated rings. The number of hydrogen-bond acceptors (Lipinski definition) is 7. The fourth-order valence-corrected chi connectivity index (χ4v) is 3.96. The number of Topliss-reactive ketones (excluding diaryl/α,β-unsaturated/α-hetero) is 1. The van der Waals surface area contributed by atoms with Crippen LogP contribution in [0.5, 0.6) is 5.75 Å². The molecule has 1 atom stereocenters. The van der Waals surface area contributed by atoms with Gasteiger partial charge in [-0.05, 0) is 43.2 Å². The van der Waals surface area contributed by atoms with Gasteiger partial charge in [0.2, 0.25) is 0 Å². The highest BCUT2D eigenvalue weighted by Gasteiger charge is 2.47. The normalized spacial score (nSPS) is 17.1. The number of nitrogens with zero attached hydrogens (tertiary/aromatic N) is 2. The van der Waals surface area contributed by atoms with Crippen LogP contribution in [-0.4, -0.2) is 51.4 Å². The number of carbonyl (C=O) groups excluding carboxylic acids is 2. The summed E-state index contributed by atoms with van der Waals surface area (Å²) in [4.78, 5) is 49.0. The summed E-state index contributed by atoms with van der Waals surface area (Å²) in [6, 6.07) is 10.8. The summed E-state index contributed by atoms with van der Waals surface area (Å²) in [5.41, 5.74) is -0.169. The van der Waals surface area contributed by atoms with Gasteiger partial charge in [0, 0.05) is 24.6 Å². The summed E-state index contributed by atoms with van der Waals surface area (Å²) in [6.07, 6.45) is 1.24. The van der Waals surface area contributed by atoms with E-state index in [1.54, 1.807) is 18.2 Å². The highest BCUT2D eigenvalue weighted by molar-refractivity contribution is 6.46. The van der Waals surface area contributed by atoms with Crippen LogP contribution in [0.25, 0.3) is 5.76 Å². The molecular weight excluding hydrogens is 444 g/mol. The quantitative estimate of drug-likeness (QED) is 0.134. The van der Waals surface area contributed by atoms with E-state index in [1.807, 2.05) is 0 Å². The molecule has 178 valence electrons. The van der Waals surface area contributed by atoms with Crippen LogP contribution >= 0.6 is 0 Å². The molecule has 2 N–H and O–H groups in total. The first-order valence-corrected chi connectivity index (χ1v) is 10.6. The van der Waals surface area contributed by atoms with Crippen molar-refractivity contribution >= 4 is 29.1 Å². The molecule has 0 unspecified atom stereocenters. The number of hydrogen-bond donors (Lipinski definition) is 2. The number of nitro groups is 1. The number of aliphatic carboxylic acids is 1. The molecule has 2 aromatic rings. The number of aliphatic hydroxyl groups excluding tert-OH is 1. The minimum absolute atomic E-state index is 0.0239. The zero-order valence-corrected chi connectivity index (χ0v) is 18.5. The maximum absolute atomic E-state index is 13.0. The summed E-state index contributed by atoms with van der Waals surface area (Å²) >= 11 is 0. The predicted molar refractivity (Wildman–Crippen MR) is 121 cm³/mol. The molecule has 1 aliphatic heterocycles. The van der Waals surface area contributed by atoms with Crippen LogP contribution in [0.1, 0.15) is 42.9 Å². The smallest absolute Gasteiger partial charge is 0.303 e. The van der Waals surface area contributed by atoms with Crippen molar-refractivity contribution in [1.82, 2.24) is 4.90 Å². The molecule has 34 heavy (non-hydrogen) atoms. The molecule has 3 rings (SSSR count). The van der Waals surface area contributed by atoms with Crippen molar-refractivity contribution in [3.05, 3.63) is 75.3 Å². The Kier molecular flexibility index (Phi) is 7.62. The van der Waals surface area contributed by atoms with E-state index >= 15 is 0 Å². The molecule has 1 amide bonds. The first-order valence-electron chi connectivity index (χ1n) is 10.6. The first kappa shape index (κ1) is 24.4. The maximum Gasteiger partial charge on any atom is 0.303 e. The average molecular weight is 468 g/mol. The number of ketones is 1. The molecule has 2 aromatic carbocycles. The lowest BCUT2D eigenvalue weighted by atomic mass is 9.94. The summed E-state index contributed by atoms with van der Waals surface area (Å²) in [5.74, 6) is -2.68. The molecule has 1 aliphatic rings. The van der Waals surface area contributed by atoms with Gasteiger partial charge in [-0.2, -0.15) is 0 Å². The van der Waals surface area contributed by atoms with Crippen LogP contribution < -0.4 is 4.74 Å². The minimum Gasteiger partial charge on any atom is -0.507 e. The average Bonchev–Trinajstić information content (AvgIpc) is 3.08. The van der Waals surface area contributed by atoms with Crippen molar-refractivity contribution in [2.24, 2.45) is 0 Å². The third-order valence-electron chi connectivity index (χ3n) is 5.62. The van der Waals surface area contributed by atoms with Gasteiger partial charge in [0.1, 0.15) is 11.5 Å². The second-order valence-electron chi connectivity index (χ2n) is 7.74. The minimum atomic E-state index is -1.16. The SMILES string of the molecule is COc1ccc(C(O)=C2C(=O)C(=O)N(CCCCCC(=O)O)[C@@H]2c2ccccc2[N+](=O)[O-])cc1. The predicted octanol–water partition coefficient (Wildman–Crippen LogP) is 3.67. The van der Waals surface area contributed by atoms with Gasteiger partial charge in [0.25, 0.3) is 17.4 Å². The number of amides is 1. The monoisotopic (exact) mass is 468 g/mol. The number of unbranched alkanes of at least 4 members (excludes halogenated alkanes) is 2. The lowest BCUT2D eigenvalue weighted by Gasteiger charge is -2.25. The number of benzene rings is 2. The zero-order valence-electron chi connectivity index (χ0n) is 18.5. The molecule has 1 saturated heterocycles. The molecule has 0 radical (unpaired) electrons. The Morgan fingerprint density at radius 3 is 2.35 bits per heavy atom. The number of aliphatic hydroxyl groups is 1. The number of carboxylic acid groups (broad SMARTS) is 1. The molecule has 0 spiro atoms. The van der Waals surface area contributed by atoms with Crippen LogP contribution in [-0.2, 0) is 14.4 Å². The molecule has 10 nitrogen and oxygen atoms in total. The maximum atomic E-state index is 13.0. The fraction of sp³-hybridized carbons (Fsp3) is 0.292. The van der Waals surface area contributed by atoms with Crippen molar-refractivity contribution in [3.8, 4) is 5.75 Å². The molecule has 0 saturated carbocycles. The van der Waals surface area contributed by atoms with Crippen molar-refractivity contribution in [2.45, 2.75) is 31.7 Å². The number of nitro benzene ring substituents is 1. The van der Waals surface area contributed by atoms with E-state index in [9.17, 15) is 29.6 Å².